The highest BCUT2D eigenvalue weighted by Crippen LogP contribution is 2.45. The zero-order valence-corrected chi connectivity index (χ0v) is 7.75. The van der Waals surface area contributed by atoms with Crippen LogP contribution in [0.1, 0.15) is 32.1 Å². The minimum Gasteiger partial charge on any atom is -0.303 e. The predicted molar refractivity (Wildman–Crippen MR) is 48.0 cm³/mol. The maximum Gasteiger partial charge on any atom is 0.127 e. The standard InChI is InChI=1S/C10H17NO/c1-11-7-3-6-10(8-12)5-2-4-9(10)11/h8-9H,2-7H2,1H3. The minimum absolute atomic E-state index is 0.0486. The minimum atomic E-state index is 0.0486. The van der Waals surface area contributed by atoms with Crippen LogP contribution in [0, 0.1) is 5.41 Å². The molecule has 2 nitrogen and oxygen atoms in total. The number of hydrogen-bond acceptors (Lipinski definition) is 2. The number of rotatable bonds is 1. The summed E-state index contributed by atoms with van der Waals surface area (Å²) in [5.74, 6) is 0. The second-order valence-electron chi connectivity index (χ2n) is 4.34. The van der Waals surface area contributed by atoms with Gasteiger partial charge < -0.3 is 9.69 Å². The molecule has 2 atom stereocenters. The van der Waals surface area contributed by atoms with Crippen LogP contribution in [0.15, 0.2) is 0 Å². The summed E-state index contributed by atoms with van der Waals surface area (Å²) in [6, 6.07) is 0.559. The van der Waals surface area contributed by atoms with Crippen molar-refractivity contribution in [3.05, 3.63) is 0 Å². The smallest absolute Gasteiger partial charge is 0.127 e. The van der Waals surface area contributed by atoms with E-state index in [4.69, 9.17) is 0 Å². The molecule has 2 unspecified atom stereocenters. The Morgan fingerprint density at radius 2 is 2.17 bits per heavy atom. The number of aldehydes is 1. The van der Waals surface area contributed by atoms with Gasteiger partial charge in [-0.05, 0) is 39.3 Å². The largest absolute Gasteiger partial charge is 0.303 e. The van der Waals surface area contributed by atoms with Gasteiger partial charge in [-0.15, -0.1) is 0 Å². The van der Waals surface area contributed by atoms with E-state index < -0.39 is 0 Å². The molecule has 1 heterocycles. The number of likely N-dealkylation sites (tertiary alicyclic amines) is 1. The molecule has 0 aromatic rings. The molecule has 1 saturated carbocycles. The highest BCUT2D eigenvalue weighted by molar-refractivity contribution is 5.61. The Kier molecular flexibility index (Phi) is 1.95. The Hall–Kier alpha value is -0.370. The molecule has 0 bridgehead atoms. The molecule has 2 heteroatoms. The summed E-state index contributed by atoms with van der Waals surface area (Å²) in [5, 5.41) is 0. The highest BCUT2D eigenvalue weighted by atomic mass is 16.1. The third kappa shape index (κ3) is 1.01. The summed E-state index contributed by atoms with van der Waals surface area (Å²) in [4.78, 5) is 13.5. The van der Waals surface area contributed by atoms with Crippen molar-refractivity contribution in [1.29, 1.82) is 0 Å². The van der Waals surface area contributed by atoms with E-state index in [1.807, 2.05) is 0 Å². The van der Waals surface area contributed by atoms with Crippen LogP contribution >= 0.6 is 0 Å². The molecule has 0 radical (unpaired) electrons. The van der Waals surface area contributed by atoms with Gasteiger partial charge in [0.25, 0.3) is 0 Å². The van der Waals surface area contributed by atoms with Gasteiger partial charge in [-0.3, -0.25) is 0 Å². The highest BCUT2D eigenvalue weighted by Gasteiger charge is 2.46. The first kappa shape index (κ1) is 8.24. The molecule has 0 N–H and O–H groups in total. The number of hydrogen-bond donors (Lipinski definition) is 0. The van der Waals surface area contributed by atoms with Gasteiger partial charge in [0, 0.05) is 11.5 Å². The van der Waals surface area contributed by atoms with Crippen molar-refractivity contribution in [2.24, 2.45) is 5.41 Å². The Labute approximate surface area is 73.9 Å². The molecule has 68 valence electrons. The molecule has 1 saturated heterocycles. The van der Waals surface area contributed by atoms with Crippen molar-refractivity contribution in [2.75, 3.05) is 13.6 Å². The van der Waals surface area contributed by atoms with E-state index in [0.717, 1.165) is 12.8 Å². The van der Waals surface area contributed by atoms with Gasteiger partial charge >= 0.3 is 0 Å². The van der Waals surface area contributed by atoms with Crippen molar-refractivity contribution >= 4 is 6.29 Å². The number of piperidine rings is 1. The second-order valence-corrected chi connectivity index (χ2v) is 4.34. The van der Waals surface area contributed by atoms with Gasteiger partial charge in [0.1, 0.15) is 6.29 Å². The molecule has 2 rings (SSSR count). The van der Waals surface area contributed by atoms with Crippen LogP contribution in [0.2, 0.25) is 0 Å². The van der Waals surface area contributed by atoms with Gasteiger partial charge in [0.05, 0.1) is 0 Å². The monoisotopic (exact) mass is 167 g/mol. The summed E-state index contributed by atoms with van der Waals surface area (Å²) in [6.07, 6.45) is 7.17. The average Bonchev–Trinajstić information content (AvgIpc) is 2.50. The third-order valence-electron chi connectivity index (χ3n) is 3.70. The van der Waals surface area contributed by atoms with Gasteiger partial charge in [-0.25, -0.2) is 0 Å². The molecule has 0 aromatic carbocycles. The van der Waals surface area contributed by atoms with Crippen LogP contribution in [-0.4, -0.2) is 30.8 Å². The van der Waals surface area contributed by atoms with Crippen molar-refractivity contribution in [1.82, 2.24) is 4.90 Å². The van der Waals surface area contributed by atoms with Crippen LogP contribution in [-0.2, 0) is 4.79 Å². The van der Waals surface area contributed by atoms with E-state index in [0.29, 0.717) is 6.04 Å². The Morgan fingerprint density at radius 1 is 1.42 bits per heavy atom. The fourth-order valence-electron chi connectivity index (χ4n) is 3.04. The Morgan fingerprint density at radius 3 is 2.83 bits per heavy atom. The van der Waals surface area contributed by atoms with Crippen molar-refractivity contribution in [3.8, 4) is 0 Å². The Bertz CT molecular complexity index is 192. The molecule has 0 spiro atoms. The predicted octanol–water partition coefficient (Wildman–Crippen LogP) is 1.45. The molecular formula is C10H17NO. The van der Waals surface area contributed by atoms with Gasteiger partial charge in [-0.2, -0.15) is 0 Å². The van der Waals surface area contributed by atoms with Crippen LogP contribution < -0.4 is 0 Å². The SMILES string of the molecule is CN1CCCC2(C=O)CCCC12. The molecule has 2 aliphatic rings. The molecule has 0 amide bonds. The van der Waals surface area contributed by atoms with E-state index in [1.54, 1.807) is 0 Å². The van der Waals surface area contributed by atoms with E-state index in [2.05, 4.69) is 11.9 Å². The van der Waals surface area contributed by atoms with E-state index >= 15 is 0 Å². The lowest BCUT2D eigenvalue weighted by atomic mass is 9.76. The van der Waals surface area contributed by atoms with Crippen LogP contribution in [0.4, 0.5) is 0 Å². The maximum absolute atomic E-state index is 11.1. The van der Waals surface area contributed by atoms with Crippen molar-refractivity contribution in [2.45, 2.75) is 38.1 Å². The maximum atomic E-state index is 11.1. The molecule has 1 aliphatic heterocycles. The topological polar surface area (TPSA) is 20.3 Å². The summed E-state index contributed by atoms with van der Waals surface area (Å²) >= 11 is 0. The molecule has 1 aliphatic carbocycles. The number of fused-ring (bicyclic) bond motifs is 1. The summed E-state index contributed by atoms with van der Waals surface area (Å²) < 4.78 is 0. The number of carbonyl (C=O) groups excluding carboxylic acids is 1. The molecule has 12 heavy (non-hydrogen) atoms. The summed E-state index contributed by atoms with van der Waals surface area (Å²) in [6.45, 7) is 1.18. The van der Waals surface area contributed by atoms with Gasteiger partial charge in [0.15, 0.2) is 0 Å². The van der Waals surface area contributed by atoms with Gasteiger partial charge in [-0.1, -0.05) is 6.42 Å². The summed E-state index contributed by atoms with van der Waals surface area (Å²) in [7, 11) is 2.16. The van der Waals surface area contributed by atoms with E-state index in [1.165, 1.54) is 32.1 Å². The van der Waals surface area contributed by atoms with Crippen molar-refractivity contribution in [3.63, 3.8) is 0 Å². The first-order valence-corrected chi connectivity index (χ1v) is 4.95. The lowest BCUT2D eigenvalue weighted by Crippen LogP contribution is -2.48. The normalized spacial score (nSPS) is 42.6. The lowest BCUT2D eigenvalue weighted by molar-refractivity contribution is -0.121. The molecule has 2 fully saturated rings. The average molecular weight is 167 g/mol. The van der Waals surface area contributed by atoms with Gasteiger partial charge in [0.2, 0.25) is 0 Å². The first-order chi connectivity index (χ1) is 5.78. The van der Waals surface area contributed by atoms with Crippen LogP contribution in [0.3, 0.4) is 0 Å². The fourth-order valence-corrected chi connectivity index (χ4v) is 3.04. The Balaban J connectivity index is 2.22. The van der Waals surface area contributed by atoms with Crippen molar-refractivity contribution < 1.29 is 4.79 Å². The molecule has 0 aromatic heterocycles. The molecular weight excluding hydrogens is 150 g/mol. The summed E-state index contributed by atoms with van der Waals surface area (Å²) in [5.41, 5.74) is 0.0486. The van der Waals surface area contributed by atoms with E-state index in [-0.39, 0.29) is 5.41 Å². The van der Waals surface area contributed by atoms with Crippen LogP contribution in [0.5, 0.6) is 0 Å². The number of carbonyl (C=O) groups is 1. The first-order valence-electron chi connectivity index (χ1n) is 4.95. The van der Waals surface area contributed by atoms with E-state index in [9.17, 15) is 4.79 Å². The van der Waals surface area contributed by atoms with Crippen LogP contribution in [0.25, 0.3) is 0 Å². The zero-order chi connectivity index (χ0) is 8.60. The third-order valence-corrected chi connectivity index (χ3v) is 3.70. The number of nitrogens with zero attached hydrogens (tertiary/aromatic N) is 1. The quantitative estimate of drug-likeness (QED) is 0.551. The zero-order valence-electron chi connectivity index (χ0n) is 7.75. The lowest BCUT2D eigenvalue weighted by Gasteiger charge is -2.41. The second kappa shape index (κ2) is 2.84. The fraction of sp³-hybridized carbons (Fsp3) is 0.900.